The number of nitrogens with zero attached hydrogens (tertiary/aromatic N) is 5. The molecule has 3 aromatic heterocycles. The maximum Gasteiger partial charge on any atom is 0.301 e. The number of azo groups is 1. The van der Waals surface area contributed by atoms with Gasteiger partial charge in [-0.25, -0.2) is 15.4 Å². The molecular formula is C29H29N7O4S2. The van der Waals surface area contributed by atoms with Crippen molar-refractivity contribution in [2.24, 2.45) is 10.2 Å². The summed E-state index contributed by atoms with van der Waals surface area (Å²) < 4.78 is 7.26. The largest absolute Gasteiger partial charge is 0.494 e. The number of hydroxylamine groups is 1. The molecule has 0 unspecified atom stereocenters. The Morgan fingerprint density at radius 3 is 2.52 bits per heavy atom. The highest BCUT2D eigenvalue weighted by molar-refractivity contribution is 7.13. The van der Waals surface area contributed by atoms with Crippen LogP contribution in [0.4, 0.5) is 10.8 Å². The van der Waals surface area contributed by atoms with E-state index in [1.807, 2.05) is 60.0 Å². The Kier molecular flexibility index (Phi) is 9.98. The van der Waals surface area contributed by atoms with Gasteiger partial charge in [-0.2, -0.15) is 4.68 Å². The Balaban J connectivity index is 1.23. The van der Waals surface area contributed by atoms with Crippen molar-refractivity contribution >= 4 is 39.4 Å². The van der Waals surface area contributed by atoms with E-state index in [1.165, 1.54) is 27.4 Å². The van der Waals surface area contributed by atoms with Crippen molar-refractivity contribution < 1.29 is 14.7 Å². The maximum atomic E-state index is 13.4. The first-order valence-electron chi connectivity index (χ1n) is 13.5. The van der Waals surface area contributed by atoms with Crippen LogP contribution < -0.4 is 15.8 Å². The molecule has 3 N–H and O–H groups in total. The Morgan fingerprint density at radius 2 is 1.76 bits per heavy atom. The molecule has 216 valence electrons. The lowest BCUT2D eigenvalue weighted by atomic mass is 10.1. The summed E-state index contributed by atoms with van der Waals surface area (Å²) in [5.41, 5.74) is 4.48. The molecule has 0 atom stereocenters. The van der Waals surface area contributed by atoms with Crippen molar-refractivity contribution in [3.8, 4) is 33.4 Å². The first kappa shape index (κ1) is 29.0. The summed E-state index contributed by atoms with van der Waals surface area (Å²) in [7, 11) is 0. The molecule has 0 radical (unpaired) electrons. The van der Waals surface area contributed by atoms with Crippen molar-refractivity contribution in [1.29, 1.82) is 0 Å². The number of unbranched alkanes of at least 4 members (excludes halogenated alkanes) is 4. The minimum Gasteiger partial charge on any atom is -0.494 e. The van der Waals surface area contributed by atoms with Gasteiger partial charge in [0, 0.05) is 34.5 Å². The van der Waals surface area contributed by atoms with Crippen LogP contribution in [0, 0.1) is 0 Å². The second kappa shape index (κ2) is 14.4. The van der Waals surface area contributed by atoms with Gasteiger partial charge in [0.25, 0.3) is 0 Å². The maximum absolute atomic E-state index is 13.4. The lowest BCUT2D eigenvalue weighted by Gasteiger charge is -2.07. The number of hydrogen-bond donors (Lipinski definition) is 3. The molecule has 0 spiro atoms. The normalized spacial score (nSPS) is 11.3. The molecule has 0 aliphatic rings. The highest BCUT2D eigenvalue weighted by Gasteiger charge is 2.19. The molecule has 0 aliphatic heterocycles. The first-order chi connectivity index (χ1) is 20.6. The number of amides is 1. The standard InChI is InChI=1S/C29H29N7O4S2/c37-24(35-39)11-7-2-1-3-8-17-40-22-14-12-20(13-15-22)23-19-42-29(31-23)36-27(38)26(32-33-28-30-16-18-41-28)25(34-36)21-9-5-4-6-10-21/h4-6,9-10,12-16,18-19,34,39H,1-3,7-8,11,17H2,(H,35,37). The molecule has 42 heavy (non-hydrogen) atoms. The third-order valence-electron chi connectivity index (χ3n) is 6.36. The van der Waals surface area contributed by atoms with E-state index in [4.69, 9.17) is 14.9 Å². The minimum atomic E-state index is -0.352. The van der Waals surface area contributed by atoms with Gasteiger partial charge in [0.05, 0.1) is 18.0 Å². The van der Waals surface area contributed by atoms with Crippen LogP contribution in [-0.2, 0) is 4.79 Å². The topological polar surface area (TPSA) is 147 Å². The predicted molar refractivity (Wildman–Crippen MR) is 162 cm³/mol. The van der Waals surface area contributed by atoms with Crippen LogP contribution in [0.5, 0.6) is 5.75 Å². The van der Waals surface area contributed by atoms with Gasteiger partial charge in [0.2, 0.25) is 16.2 Å². The molecule has 0 fully saturated rings. The molecule has 11 nitrogen and oxygen atoms in total. The van der Waals surface area contributed by atoms with E-state index in [-0.39, 0.29) is 17.2 Å². The van der Waals surface area contributed by atoms with Crippen LogP contribution in [0.1, 0.15) is 38.5 Å². The van der Waals surface area contributed by atoms with Crippen LogP contribution in [-0.4, -0.2) is 37.5 Å². The van der Waals surface area contributed by atoms with Gasteiger partial charge in [-0.15, -0.1) is 32.9 Å². The van der Waals surface area contributed by atoms with E-state index in [0.29, 0.717) is 29.0 Å². The van der Waals surface area contributed by atoms with E-state index in [2.05, 4.69) is 20.3 Å². The zero-order valence-electron chi connectivity index (χ0n) is 22.6. The molecule has 2 aromatic carbocycles. The predicted octanol–water partition coefficient (Wildman–Crippen LogP) is 7.05. The number of benzene rings is 2. The quantitative estimate of drug-likeness (QED) is 0.0536. The number of H-pyrrole nitrogens is 1. The number of carbonyl (C=O) groups excluding carboxylic acids is 1. The molecule has 0 saturated carbocycles. The summed E-state index contributed by atoms with van der Waals surface area (Å²) in [5.74, 6) is 0.433. The Labute approximate surface area is 249 Å². The number of aromatic amines is 1. The zero-order chi connectivity index (χ0) is 29.1. The molecule has 1 amide bonds. The van der Waals surface area contributed by atoms with E-state index in [9.17, 15) is 9.59 Å². The van der Waals surface area contributed by atoms with Gasteiger partial charge in [0.1, 0.15) is 5.75 Å². The van der Waals surface area contributed by atoms with Crippen LogP contribution in [0.2, 0.25) is 0 Å². The van der Waals surface area contributed by atoms with Crippen molar-refractivity contribution in [2.75, 3.05) is 6.61 Å². The van der Waals surface area contributed by atoms with Gasteiger partial charge >= 0.3 is 5.56 Å². The molecule has 3 heterocycles. The fourth-order valence-corrected chi connectivity index (χ4v) is 5.45. The molecular weight excluding hydrogens is 574 g/mol. The number of aromatic nitrogens is 4. The van der Waals surface area contributed by atoms with E-state index < -0.39 is 0 Å². The number of rotatable bonds is 14. The summed E-state index contributed by atoms with van der Waals surface area (Å²) in [4.78, 5) is 33.3. The number of hydrogen-bond acceptors (Lipinski definition) is 10. The molecule has 0 saturated heterocycles. The molecule has 0 aliphatic carbocycles. The van der Waals surface area contributed by atoms with Gasteiger partial charge in [0.15, 0.2) is 5.69 Å². The Bertz CT molecular complexity index is 1660. The average Bonchev–Trinajstić information content (AvgIpc) is 3.79. The second-order valence-electron chi connectivity index (χ2n) is 9.30. The van der Waals surface area contributed by atoms with Gasteiger partial charge in [-0.3, -0.25) is 19.9 Å². The van der Waals surface area contributed by atoms with Gasteiger partial charge in [-0.05, 0) is 37.1 Å². The molecule has 5 aromatic rings. The van der Waals surface area contributed by atoms with Crippen LogP contribution in [0.3, 0.4) is 0 Å². The number of thiazole rings is 2. The lowest BCUT2D eigenvalue weighted by Crippen LogP contribution is -2.17. The third-order valence-corrected chi connectivity index (χ3v) is 7.84. The fraction of sp³-hybridized carbons (Fsp3) is 0.241. The number of nitrogens with one attached hydrogen (secondary N) is 2. The van der Waals surface area contributed by atoms with Crippen LogP contribution >= 0.6 is 22.7 Å². The summed E-state index contributed by atoms with van der Waals surface area (Å²) in [6.45, 7) is 0.610. The lowest BCUT2D eigenvalue weighted by molar-refractivity contribution is -0.129. The van der Waals surface area contributed by atoms with E-state index in [1.54, 1.807) is 17.1 Å². The molecule has 5 rings (SSSR count). The average molecular weight is 604 g/mol. The smallest absolute Gasteiger partial charge is 0.301 e. The fourth-order valence-electron chi connectivity index (χ4n) is 4.21. The van der Waals surface area contributed by atoms with Gasteiger partial charge < -0.3 is 4.74 Å². The SMILES string of the molecule is O=C(CCCCCCCOc1ccc(-c2csc(-n3[nH]c(-c4ccccc4)c(N=Nc4nccs4)c3=O)n2)cc1)NO. The summed E-state index contributed by atoms with van der Waals surface area (Å²) >= 11 is 2.69. The summed E-state index contributed by atoms with van der Waals surface area (Å²) in [6.07, 6.45) is 6.63. The highest BCUT2D eigenvalue weighted by Crippen LogP contribution is 2.30. The van der Waals surface area contributed by atoms with E-state index in [0.717, 1.165) is 54.7 Å². The molecule has 13 heteroatoms. The van der Waals surface area contributed by atoms with Crippen molar-refractivity contribution in [3.05, 3.63) is 81.9 Å². The van der Waals surface area contributed by atoms with Gasteiger partial charge in [-0.1, -0.05) is 49.6 Å². The molecule has 0 bridgehead atoms. The van der Waals surface area contributed by atoms with Crippen molar-refractivity contribution in [3.63, 3.8) is 0 Å². The summed E-state index contributed by atoms with van der Waals surface area (Å²) in [5, 5.41) is 24.7. The van der Waals surface area contributed by atoms with Crippen LogP contribution in [0.25, 0.3) is 27.6 Å². The van der Waals surface area contributed by atoms with E-state index >= 15 is 0 Å². The first-order valence-corrected chi connectivity index (χ1v) is 15.2. The Hall–Kier alpha value is -4.46. The number of carbonyl (C=O) groups is 1. The van der Waals surface area contributed by atoms with Crippen molar-refractivity contribution in [2.45, 2.75) is 38.5 Å². The van der Waals surface area contributed by atoms with Crippen molar-refractivity contribution in [1.82, 2.24) is 25.2 Å². The minimum absolute atomic E-state index is 0.184. The second-order valence-corrected chi connectivity index (χ2v) is 11.0. The summed E-state index contributed by atoms with van der Waals surface area (Å²) in [6, 6.07) is 17.2. The van der Waals surface area contributed by atoms with Crippen LogP contribution in [0.15, 0.2) is 86.6 Å². The Morgan fingerprint density at radius 1 is 0.976 bits per heavy atom. The zero-order valence-corrected chi connectivity index (χ0v) is 24.2. The monoisotopic (exact) mass is 603 g/mol. The highest BCUT2D eigenvalue weighted by atomic mass is 32.1. The third kappa shape index (κ3) is 7.43. The number of ether oxygens (including phenoxy) is 1.